The predicted molar refractivity (Wildman–Crippen MR) is 84.1 cm³/mol. The van der Waals surface area contributed by atoms with Gasteiger partial charge in [-0.25, -0.2) is 9.98 Å². The molecule has 6 heteroatoms. The lowest BCUT2D eigenvalue weighted by Gasteiger charge is -2.07. The zero-order valence-corrected chi connectivity index (χ0v) is 12.7. The van der Waals surface area contributed by atoms with Crippen LogP contribution in [0.2, 0.25) is 0 Å². The van der Waals surface area contributed by atoms with Crippen molar-refractivity contribution in [3.63, 3.8) is 0 Å². The summed E-state index contributed by atoms with van der Waals surface area (Å²) in [6.07, 6.45) is 1.66. The Hall–Kier alpha value is -2.55. The number of hydrogen-bond donors (Lipinski definition) is 1. The van der Waals surface area contributed by atoms with E-state index in [-0.39, 0.29) is 5.54 Å². The molecular formula is C15H19N5O. The number of nitriles is 1. The first-order valence-electron chi connectivity index (χ1n) is 6.64. The molecule has 1 N–H and O–H groups in total. The Morgan fingerprint density at radius 3 is 2.81 bits per heavy atom. The van der Waals surface area contributed by atoms with Crippen LogP contribution < -0.4 is 5.32 Å². The van der Waals surface area contributed by atoms with Crippen LogP contribution in [0.3, 0.4) is 0 Å². The molecule has 0 bridgehead atoms. The summed E-state index contributed by atoms with van der Waals surface area (Å²) in [4.78, 5) is 10.5. The molecule has 0 saturated carbocycles. The van der Waals surface area contributed by atoms with E-state index in [1.807, 2.05) is 38.9 Å². The molecule has 2 rings (SSSR count). The molecular weight excluding hydrogens is 266 g/mol. The average molecular weight is 285 g/mol. The predicted octanol–water partition coefficient (Wildman–Crippen LogP) is 2.36. The van der Waals surface area contributed by atoms with Crippen molar-refractivity contribution >= 4 is 23.7 Å². The Labute approximate surface area is 124 Å². The first-order valence-corrected chi connectivity index (χ1v) is 6.64. The third-order valence-electron chi connectivity index (χ3n) is 2.76. The molecule has 0 atom stereocenters. The lowest BCUT2D eigenvalue weighted by atomic mass is 10.1. The van der Waals surface area contributed by atoms with Gasteiger partial charge in [0.2, 0.25) is 0 Å². The fourth-order valence-electron chi connectivity index (χ4n) is 1.77. The van der Waals surface area contributed by atoms with Gasteiger partial charge in [0.1, 0.15) is 12.7 Å². The van der Waals surface area contributed by atoms with Crippen molar-refractivity contribution in [1.82, 2.24) is 4.90 Å². The van der Waals surface area contributed by atoms with E-state index in [0.29, 0.717) is 23.9 Å². The molecule has 0 fully saturated rings. The van der Waals surface area contributed by atoms with Gasteiger partial charge in [0.05, 0.1) is 23.1 Å². The van der Waals surface area contributed by atoms with Crippen LogP contribution in [-0.4, -0.2) is 43.5 Å². The Kier molecular flexibility index (Phi) is 4.13. The van der Waals surface area contributed by atoms with Gasteiger partial charge in [0, 0.05) is 19.8 Å². The topological polar surface area (TPSA) is 73.0 Å². The van der Waals surface area contributed by atoms with Crippen molar-refractivity contribution < 1.29 is 4.74 Å². The molecule has 1 aromatic carbocycles. The number of rotatable bonds is 3. The molecule has 1 aliphatic rings. The second-order valence-electron chi connectivity index (χ2n) is 5.69. The van der Waals surface area contributed by atoms with Crippen molar-refractivity contribution in [2.75, 3.05) is 26.0 Å². The number of nitrogens with one attached hydrogen (secondary N) is 1. The van der Waals surface area contributed by atoms with Crippen molar-refractivity contribution in [3.8, 4) is 6.07 Å². The van der Waals surface area contributed by atoms with Crippen molar-refractivity contribution in [3.05, 3.63) is 23.8 Å². The monoisotopic (exact) mass is 285 g/mol. The summed E-state index contributed by atoms with van der Waals surface area (Å²) in [6.45, 7) is 4.55. The Bertz CT molecular complexity index is 625. The zero-order chi connectivity index (χ0) is 15.5. The van der Waals surface area contributed by atoms with Gasteiger partial charge in [0.15, 0.2) is 0 Å². The number of amidine groups is 1. The normalized spacial score (nSPS) is 16.2. The van der Waals surface area contributed by atoms with Crippen LogP contribution in [0.15, 0.2) is 28.2 Å². The van der Waals surface area contributed by atoms with E-state index >= 15 is 0 Å². The van der Waals surface area contributed by atoms with E-state index in [2.05, 4.69) is 21.4 Å². The van der Waals surface area contributed by atoms with Crippen molar-refractivity contribution in [2.45, 2.75) is 19.4 Å². The number of aliphatic imine (C=N–C) groups is 2. The van der Waals surface area contributed by atoms with Crippen molar-refractivity contribution in [2.24, 2.45) is 9.98 Å². The quantitative estimate of drug-likeness (QED) is 0.683. The molecule has 0 radical (unpaired) electrons. The SMILES string of the molecule is CN(C)/C=N\c1ccc(NC2=NC(C)(C)CO2)cc1C#N. The fraction of sp³-hybridized carbons (Fsp3) is 0.400. The Balaban J connectivity index is 2.18. The molecule has 1 aliphatic heterocycles. The lowest BCUT2D eigenvalue weighted by molar-refractivity contribution is 0.278. The number of ether oxygens (including phenoxy) is 1. The standard InChI is InChI=1S/C15H19N5O/c1-15(2)9-21-14(19-15)18-12-5-6-13(11(7-12)8-16)17-10-20(3)4/h5-7,10H,9H2,1-4H3,(H,18,19)/b17-10-. The average Bonchev–Trinajstić information content (AvgIpc) is 2.76. The smallest absolute Gasteiger partial charge is 0.289 e. The second kappa shape index (κ2) is 5.83. The molecule has 21 heavy (non-hydrogen) atoms. The third-order valence-corrected chi connectivity index (χ3v) is 2.76. The lowest BCUT2D eigenvalue weighted by Crippen LogP contribution is -2.17. The molecule has 1 aromatic rings. The summed E-state index contributed by atoms with van der Waals surface area (Å²) in [5.74, 6) is 0. The summed E-state index contributed by atoms with van der Waals surface area (Å²) in [6, 6.07) is 8.00. The summed E-state index contributed by atoms with van der Waals surface area (Å²) < 4.78 is 5.47. The van der Waals surface area contributed by atoms with Crippen molar-refractivity contribution in [1.29, 1.82) is 5.26 Å². The highest BCUT2D eigenvalue weighted by atomic mass is 16.5. The van der Waals surface area contributed by atoms with E-state index in [9.17, 15) is 5.26 Å². The number of nitrogens with zero attached hydrogens (tertiary/aromatic N) is 4. The molecule has 110 valence electrons. The van der Waals surface area contributed by atoms with Gasteiger partial charge >= 0.3 is 0 Å². The fourth-order valence-corrected chi connectivity index (χ4v) is 1.77. The Morgan fingerprint density at radius 2 is 2.24 bits per heavy atom. The maximum atomic E-state index is 9.23. The molecule has 6 nitrogen and oxygen atoms in total. The van der Waals surface area contributed by atoms with Crippen LogP contribution in [0.4, 0.5) is 11.4 Å². The second-order valence-corrected chi connectivity index (χ2v) is 5.69. The zero-order valence-electron chi connectivity index (χ0n) is 12.7. The summed E-state index contributed by atoms with van der Waals surface area (Å²) in [5, 5.41) is 12.3. The number of hydrogen-bond acceptors (Lipinski definition) is 5. The maximum Gasteiger partial charge on any atom is 0.289 e. The van der Waals surface area contributed by atoms with Gasteiger partial charge in [0.25, 0.3) is 6.02 Å². The third kappa shape index (κ3) is 3.96. The largest absolute Gasteiger partial charge is 0.462 e. The Morgan fingerprint density at radius 1 is 1.48 bits per heavy atom. The molecule has 0 aliphatic carbocycles. The summed E-state index contributed by atoms with van der Waals surface area (Å²) >= 11 is 0. The molecule has 0 aromatic heterocycles. The van der Waals surface area contributed by atoms with Gasteiger partial charge < -0.3 is 15.0 Å². The molecule has 1 heterocycles. The van der Waals surface area contributed by atoms with Gasteiger partial charge in [-0.3, -0.25) is 0 Å². The van der Waals surface area contributed by atoms with Crippen LogP contribution >= 0.6 is 0 Å². The van der Waals surface area contributed by atoms with Gasteiger partial charge in [-0.1, -0.05) is 0 Å². The van der Waals surface area contributed by atoms with E-state index in [1.54, 1.807) is 18.5 Å². The highest BCUT2D eigenvalue weighted by Gasteiger charge is 2.26. The first kappa shape index (κ1) is 14.9. The van der Waals surface area contributed by atoms with Gasteiger partial charge in [-0.2, -0.15) is 5.26 Å². The van der Waals surface area contributed by atoms with Gasteiger partial charge in [-0.05, 0) is 32.0 Å². The van der Waals surface area contributed by atoms with Gasteiger partial charge in [-0.15, -0.1) is 0 Å². The highest BCUT2D eigenvalue weighted by Crippen LogP contribution is 2.24. The van der Waals surface area contributed by atoms with E-state index in [0.717, 1.165) is 5.69 Å². The number of anilines is 1. The van der Waals surface area contributed by atoms with Crippen LogP contribution in [-0.2, 0) is 4.74 Å². The van der Waals surface area contributed by atoms with E-state index in [1.165, 1.54) is 0 Å². The van der Waals surface area contributed by atoms with E-state index in [4.69, 9.17) is 4.74 Å². The summed E-state index contributed by atoms with van der Waals surface area (Å²) in [7, 11) is 3.76. The number of benzene rings is 1. The molecule has 0 unspecified atom stereocenters. The first-order chi connectivity index (χ1) is 9.89. The van der Waals surface area contributed by atoms with Crippen LogP contribution in [0.25, 0.3) is 0 Å². The highest BCUT2D eigenvalue weighted by molar-refractivity contribution is 5.91. The van der Waals surface area contributed by atoms with E-state index < -0.39 is 0 Å². The minimum absolute atomic E-state index is 0.212. The molecule has 0 spiro atoms. The maximum absolute atomic E-state index is 9.23. The van der Waals surface area contributed by atoms with Crippen LogP contribution in [0.5, 0.6) is 0 Å². The molecule has 0 saturated heterocycles. The van der Waals surface area contributed by atoms with Crippen LogP contribution in [0, 0.1) is 11.3 Å². The minimum atomic E-state index is -0.212. The minimum Gasteiger partial charge on any atom is -0.462 e. The molecule has 0 amide bonds. The van der Waals surface area contributed by atoms with Crippen LogP contribution in [0.1, 0.15) is 19.4 Å². The summed E-state index contributed by atoms with van der Waals surface area (Å²) in [5.41, 5.74) is 1.67.